The van der Waals surface area contributed by atoms with Gasteiger partial charge in [-0.25, -0.2) is 4.18 Å². The lowest BCUT2D eigenvalue weighted by Crippen LogP contribution is -2.60. The monoisotopic (exact) mass is 979 g/mol. The number of rotatable bonds is 51. The Labute approximate surface area is 411 Å². The highest BCUT2D eigenvalue weighted by molar-refractivity contribution is 7.80. The largest absolute Gasteiger partial charge is 0.457 e. The van der Waals surface area contributed by atoms with Gasteiger partial charge in [-0.05, 0) is 12.8 Å². The van der Waals surface area contributed by atoms with Crippen molar-refractivity contribution in [1.82, 2.24) is 0 Å². The van der Waals surface area contributed by atoms with Crippen LogP contribution >= 0.6 is 0 Å². The van der Waals surface area contributed by atoms with Crippen molar-refractivity contribution in [2.24, 2.45) is 0 Å². The van der Waals surface area contributed by atoms with Crippen LogP contribution in [0.5, 0.6) is 0 Å². The summed E-state index contributed by atoms with van der Waals surface area (Å²) in [6, 6.07) is 0. The van der Waals surface area contributed by atoms with Gasteiger partial charge in [0.25, 0.3) is 0 Å². The van der Waals surface area contributed by atoms with E-state index in [1.807, 2.05) is 0 Å². The van der Waals surface area contributed by atoms with Crippen LogP contribution in [0.15, 0.2) is 0 Å². The number of carbonyl (C=O) groups excluding carboxylic acids is 1. The fourth-order valence-corrected chi connectivity index (χ4v) is 9.72. The Morgan fingerprint density at radius 3 is 1.19 bits per heavy atom. The number of unbranched alkanes of at least 4 members (excludes halogenated alkanes) is 38. The summed E-state index contributed by atoms with van der Waals surface area (Å²) in [4.78, 5) is 12.9. The van der Waals surface area contributed by atoms with Crippen LogP contribution in [0.1, 0.15) is 277 Å². The molecule has 1 rings (SSSR count). The van der Waals surface area contributed by atoms with Crippen molar-refractivity contribution >= 4 is 16.4 Å². The molecule has 6 unspecified atom stereocenters. The molecule has 400 valence electrons. The molecule has 1 saturated heterocycles. The Morgan fingerprint density at radius 2 is 0.851 bits per heavy atom. The second-order valence-corrected chi connectivity index (χ2v) is 20.9. The highest BCUT2D eigenvalue weighted by Crippen LogP contribution is 2.26. The number of esters is 1. The zero-order chi connectivity index (χ0) is 48.9. The first-order chi connectivity index (χ1) is 32.6. The summed E-state index contributed by atoms with van der Waals surface area (Å²) in [5.41, 5.74) is 0. The van der Waals surface area contributed by atoms with Gasteiger partial charge >= 0.3 is 16.4 Å². The van der Waals surface area contributed by atoms with E-state index in [-0.39, 0.29) is 19.6 Å². The standard InChI is InChI=1S/C54H106O12S/c1-3-5-7-9-11-13-15-17-19-21-22-23-24-25-26-27-28-30-32-34-36-38-40-42-44-62-46-48(47-63-54-52(58)53(66-67(59,60)61)51(57)49(45-55)65-54)64-50(56)43-41-39-37-35-33-31-29-20-18-16-14-12-10-8-6-4-2/h48-49,51-55,57-58H,3-47H2,1-2H3,(H,59,60,61). The Hall–Kier alpha value is -0.900. The molecule has 0 spiro atoms. The van der Waals surface area contributed by atoms with Gasteiger partial charge in [-0.15, -0.1) is 0 Å². The smallest absolute Gasteiger partial charge is 0.397 e. The van der Waals surface area contributed by atoms with Crippen LogP contribution in [0.25, 0.3) is 0 Å². The van der Waals surface area contributed by atoms with E-state index in [4.69, 9.17) is 18.9 Å². The lowest BCUT2D eigenvalue weighted by molar-refractivity contribution is -0.301. The van der Waals surface area contributed by atoms with Crippen LogP contribution in [0.4, 0.5) is 0 Å². The molecule has 0 radical (unpaired) electrons. The summed E-state index contributed by atoms with van der Waals surface area (Å²) in [6.45, 7) is 4.07. The first-order valence-electron chi connectivity index (χ1n) is 28.3. The minimum atomic E-state index is -5.06. The highest BCUT2D eigenvalue weighted by atomic mass is 32.3. The van der Waals surface area contributed by atoms with E-state index in [2.05, 4.69) is 18.0 Å². The van der Waals surface area contributed by atoms with E-state index in [1.165, 1.54) is 212 Å². The maximum atomic E-state index is 12.9. The molecule has 0 saturated carbocycles. The van der Waals surface area contributed by atoms with Gasteiger partial charge in [0, 0.05) is 13.0 Å². The SMILES string of the molecule is CCCCCCCCCCCCCCCCCCCCCCCCCCOCC(COC1OC(CO)C(O)C(OS(=O)(=O)O)C1O)OC(=O)CCCCCCCCCCCCCCCCCC. The van der Waals surface area contributed by atoms with E-state index < -0.39 is 59.8 Å². The van der Waals surface area contributed by atoms with E-state index in [9.17, 15) is 33.1 Å². The number of hydrogen-bond donors (Lipinski definition) is 4. The van der Waals surface area contributed by atoms with Crippen molar-refractivity contribution < 1.29 is 56.2 Å². The number of ether oxygens (including phenoxy) is 4. The van der Waals surface area contributed by atoms with Crippen LogP contribution in [-0.2, 0) is 38.3 Å². The molecule has 0 aromatic rings. The van der Waals surface area contributed by atoms with Crippen LogP contribution in [-0.4, -0.2) is 97.5 Å². The third-order valence-electron chi connectivity index (χ3n) is 13.5. The molecule has 67 heavy (non-hydrogen) atoms. The number of aliphatic hydroxyl groups is 3. The highest BCUT2D eigenvalue weighted by Gasteiger charge is 2.48. The van der Waals surface area contributed by atoms with Crippen LogP contribution < -0.4 is 0 Å². The second kappa shape index (κ2) is 46.2. The molecule has 1 fully saturated rings. The summed E-state index contributed by atoms with van der Waals surface area (Å²) in [6.07, 6.45) is 42.9. The van der Waals surface area contributed by atoms with Gasteiger partial charge < -0.3 is 34.3 Å². The second-order valence-electron chi connectivity index (χ2n) is 19.9. The lowest BCUT2D eigenvalue weighted by atomic mass is 9.99. The Bertz CT molecular complexity index is 1180. The van der Waals surface area contributed by atoms with Gasteiger partial charge in [-0.2, -0.15) is 8.42 Å². The minimum Gasteiger partial charge on any atom is -0.457 e. The predicted molar refractivity (Wildman–Crippen MR) is 271 cm³/mol. The van der Waals surface area contributed by atoms with Crippen molar-refractivity contribution in [1.29, 1.82) is 0 Å². The molecule has 0 aromatic heterocycles. The molecule has 6 atom stereocenters. The Morgan fingerprint density at radius 1 is 0.507 bits per heavy atom. The fraction of sp³-hybridized carbons (Fsp3) is 0.981. The molecule has 0 aromatic carbocycles. The molecule has 0 bridgehead atoms. The predicted octanol–water partition coefficient (Wildman–Crippen LogP) is 13.6. The summed E-state index contributed by atoms with van der Waals surface area (Å²) < 4.78 is 59.4. The Balaban J connectivity index is 2.27. The third-order valence-corrected chi connectivity index (χ3v) is 13.9. The molecule has 1 aliphatic heterocycles. The normalized spacial score (nSPS) is 19.3. The van der Waals surface area contributed by atoms with Crippen LogP contribution in [0.3, 0.4) is 0 Å². The van der Waals surface area contributed by atoms with Crippen molar-refractivity contribution in [3.8, 4) is 0 Å². The van der Waals surface area contributed by atoms with Crippen LogP contribution in [0, 0.1) is 0 Å². The van der Waals surface area contributed by atoms with Crippen LogP contribution in [0.2, 0.25) is 0 Å². The number of hydrogen-bond acceptors (Lipinski definition) is 11. The fourth-order valence-electron chi connectivity index (χ4n) is 9.21. The number of carbonyl (C=O) groups is 1. The zero-order valence-corrected chi connectivity index (χ0v) is 44.1. The van der Waals surface area contributed by atoms with Gasteiger partial charge in [-0.1, -0.05) is 258 Å². The molecule has 4 N–H and O–H groups in total. The third kappa shape index (κ3) is 39.4. The van der Waals surface area contributed by atoms with E-state index in [1.54, 1.807) is 0 Å². The molecular formula is C54H106O12S. The average Bonchev–Trinajstić information content (AvgIpc) is 3.30. The molecular weight excluding hydrogens is 873 g/mol. The van der Waals surface area contributed by atoms with Gasteiger partial charge in [-0.3, -0.25) is 9.35 Å². The zero-order valence-electron chi connectivity index (χ0n) is 43.2. The molecule has 0 amide bonds. The van der Waals surface area contributed by atoms with Crippen molar-refractivity contribution in [2.75, 3.05) is 26.4 Å². The number of aliphatic hydroxyl groups excluding tert-OH is 3. The molecule has 0 aliphatic carbocycles. The van der Waals surface area contributed by atoms with Crippen molar-refractivity contribution in [3.63, 3.8) is 0 Å². The maximum absolute atomic E-state index is 12.9. The van der Waals surface area contributed by atoms with Crippen molar-refractivity contribution in [2.45, 2.75) is 314 Å². The van der Waals surface area contributed by atoms with Crippen molar-refractivity contribution in [3.05, 3.63) is 0 Å². The summed E-state index contributed by atoms with van der Waals surface area (Å²) in [5.74, 6) is -0.390. The van der Waals surface area contributed by atoms with E-state index in [0.29, 0.717) is 13.0 Å². The molecule has 12 nitrogen and oxygen atoms in total. The van der Waals surface area contributed by atoms with E-state index in [0.717, 1.165) is 38.5 Å². The molecule has 1 heterocycles. The van der Waals surface area contributed by atoms with Gasteiger partial charge in [0.2, 0.25) is 0 Å². The first kappa shape index (κ1) is 64.1. The average molecular weight is 979 g/mol. The topological polar surface area (TPSA) is 178 Å². The Kier molecular flexibility index (Phi) is 44.2. The minimum absolute atomic E-state index is 0.0455. The van der Waals surface area contributed by atoms with Gasteiger partial charge in [0.05, 0.1) is 19.8 Å². The van der Waals surface area contributed by atoms with E-state index >= 15 is 0 Å². The summed E-state index contributed by atoms with van der Waals surface area (Å²) >= 11 is 0. The first-order valence-corrected chi connectivity index (χ1v) is 29.7. The summed E-state index contributed by atoms with van der Waals surface area (Å²) in [5, 5.41) is 30.8. The molecule has 13 heteroatoms. The summed E-state index contributed by atoms with van der Waals surface area (Å²) in [7, 11) is -5.06. The van der Waals surface area contributed by atoms with Gasteiger partial charge in [0.15, 0.2) is 6.29 Å². The van der Waals surface area contributed by atoms with Gasteiger partial charge in [0.1, 0.15) is 30.5 Å². The molecule has 1 aliphatic rings. The quantitative estimate of drug-likeness (QED) is 0.0258. The maximum Gasteiger partial charge on any atom is 0.397 e. The lowest BCUT2D eigenvalue weighted by Gasteiger charge is -2.41.